The van der Waals surface area contributed by atoms with Gasteiger partial charge in [-0.05, 0) is 49.6 Å². The van der Waals surface area contributed by atoms with E-state index in [0.29, 0.717) is 18.4 Å². The van der Waals surface area contributed by atoms with E-state index in [4.69, 9.17) is 0 Å². The van der Waals surface area contributed by atoms with E-state index in [1.54, 1.807) is 19.1 Å². The highest BCUT2D eigenvalue weighted by Gasteiger charge is 2.39. The minimum Gasteiger partial charge on any atom is -0.508 e. The number of hydrogen-bond acceptors (Lipinski definition) is 1. The zero-order chi connectivity index (χ0) is 16.2. The fourth-order valence-electron chi connectivity index (χ4n) is 3.28. The number of benzene rings is 1. The van der Waals surface area contributed by atoms with Gasteiger partial charge in [-0.1, -0.05) is 38.0 Å². The SMILES string of the molecule is C=C(/C=C\C(O)=C/C)C1(c2c(F)cccc2F)CCCCC1. The third-order valence-corrected chi connectivity index (χ3v) is 4.51. The topological polar surface area (TPSA) is 20.2 Å². The third-order valence-electron chi connectivity index (χ3n) is 4.51. The highest BCUT2D eigenvalue weighted by atomic mass is 19.1. The van der Waals surface area contributed by atoms with Gasteiger partial charge < -0.3 is 5.11 Å². The molecule has 0 aliphatic heterocycles. The van der Waals surface area contributed by atoms with Gasteiger partial charge in [-0.2, -0.15) is 0 Å². The Hall–Kier alpha value is -1.90. The van der Waals surface area contributed by atoms with E-state index in [0.717, 1.165) is 19.3 Å². The van der Waals surface area contributed by atoms with Crippen molar-refractivity contribution < 1.29 is 13.9 Å². The molecule has 0 amide bonds. The Kier molecular flexibility index (Phi) is 5.17. The quantitative estimate of drug-likeness (QED) is 0.555. The summed E-state index contributed by atoms with van der Waals surface area (Å²) in [5, 5.41) is 9.55. The highest BCUT2D eigenvalue weighted by molar-refractivity contribution is 5.43. The van der Waals surface area contributed by atoms with Gasteiger partial charge in [-0.3, -0.25) is 0 Å². The lowest BCUT2D eigenvalue weighted by Gasteiger charge is -2.39. The van der Waals surface area contributed by atoms with Gasteiger partial charge in [-0.15, -0.1) is 0 Å². The molecule has 0 radical (unpaired) electrons. The molecular weight excluding hydrogens is 282 g/mol. The third kappa shape index (κ3) is 3.13. The first-order chi connectivity index (χ1) is 10.5. The van der Waals surface area contributed by atoms with Crippen molar-refractivity contribution >= 4 is 0 Å². The van der Waals surface area contributed by atoms with Crippen LogP contribution in [0.25, 0.3) is 0 Å². The van der Waals surface area contributed by atoms with Gasteiger partial charge in [0, 0.05) is 11.0 Å². The Bertz CT molecular complexity index is 588. The summed E-state index contributed by atoms with van der Waals surface area (Å²) < 4.78 is 28.7. The van der Waals surface area contributed by atoms with E-state index in [1.165, 1.54) is 24.3 Å². The lowest BCUT2D eigenvalue weighted by atomic mass is 9.65. The summed E-state index contributed by atoms with van der Waals surface area (Å²) in [4.78, 5) is 0. The summed E-state index contributed by atoms with van der Waals surface area (Å²) in [7, 11) is 0. The predicted octanol–water partition coefficient (Wildman–Crippen LogP) is 5.74. The van der Waals surface area contributed by atoms with Crippen LogP contribution >= 0.6 is 0 Å². The first-order valence-corrected chi connectivity index (χ1v) is 7.68. The Morgan fingerprint density at radius 2 is 1.73 bits per heavy atom. The molecule has 0 unspecified atom stereocenters. The summed E-state index contributed by atoms with van der Waals surface area (Å²) in [5.74, 6) is -0.931. The molecule has 1 fully saturated rings. The van der Waals surface area contributed by atoms with E-state index in [1.807, 2.05) is 0 Å². The zero-order valence-corrected chi connectivity index (χ0v) is 12.9. The van der Waals surface area contributed by atoms with Gasteiger partial charge in [0.2, 0.25) is 0 Å². The van der Waals surface area contributed by atoms with Crippen molar-refractivity contribution in [3.05, 3.63) is 71.5 Å². The largest absolute Gasteiger partial charge is 0.508 e. The van der Waals surface area contributed by atoms with E-state index in [9.17, 15) is 13.9 Å². The molecule has 2 rings (SSSR count). The molecule has 118 valence electrons. The standard InChI is InChI=1S/C19H22F2O/c1-3-15(22)11-10-14(2)19(12-5-4-6-13-19)18-16(20)8-7-9-17(18)21/h3,7-11,22H,2,4-6,12-13H2,1H3/b11-10-,15-3+. The van der Waals surface area contributed by atoms with Crippen LogP contribution in [-0.2, 0) is 5.41 Å². The van der Waals surface area contributed by atoms with Crippen molar-refractivity contribution in [2.24, 2.45) is 0 Å². The molecule has 0 bridgehead atoms. The summed E-state index contributed by atoms with van der Waals surface area (Å²) in [6, 6.07) is 3.99. The van der Waals surface area contributed by atoms with Crippen LogP contribution in [0, 0.1) is 11.6 Å². The molecular formula is C19H22F2O. The summed E-state index contributed by atoms with van der Waals surface area (Å²) in [6.07, 6.45) is 8.99. The number of hydrogen-bond donors (Lipinski definition) is 1. The van der Waals surface area contributed by atoms with Crippen LogP contribution in [0.3, 0.4) is 0 Å². The maximum Gasteiger partial charge on any atom is 0.130 e. The smallest absolute Gasteiger partial charge is 0.130 e. The van der Waals surface area contributed by atoms with Gasteiger partial charge in [0.05, 0.1) is 0 Å². The molecule has 0 aromatic heterocycles. The van der Waals surface area contributed by atoms with Crippen LogP contribution in [0.4, 0.5) is 8.78 Å². The van der Waals surface area contributed by atoms with Gasteiger partial charge >= 0.3 is 0 Å². The molecule has 3 heteroatoms. The van der Waals surface area contributed by atoms with Crippen molar-refractivity contribution in [3.8, 4) is 0 Å². The Balaban J connectivity index is 2.49. The van der Waals surface area contributed by atoms with Gasteiger partial charge in [-0.25, -0.2) is 8.78 Å². The molecule has 1 aromatic carbocycles. The average molecular weight is 304 g/mol. The van der Waals surface area contributed by atoms with Crippen LogP contribution in [0.1, 0.15) is 44.6 Å². The monoisotopic (exact) mass is 304 g/mol. The number of allylic oxidation sites excluding steroid dienone is 4. The van der Waals surface area contributed by atoms with Crippen molar-refractivity contribution in [3.63, 3.8) is 0 Å². The number of rotatable bonds is 4. The van der Waals surface area contributed by atoms with E-state index >= 15 is 0 Å². The summed E-state index contributed by atoms with van der Waals surface area (Å²) in [6.45, 7) is 5.77. The molecule has 0 heterocycles. The molecule has 1 nitrogen and oxygen atoms in total. The average Bonchev–Trinajstić information content (AvgIpc) is 2.52. The molecule has 0 saturated heterocycles. The first kappa shape index (κ1) is 16.5. The second-order valence-electron chi connectivity index (χ2n) is 5.81. The fourth-order valence-corrected chi connectivity index (χ4v) is 3.28. The van der Waals surface area contributed by atoms with Crippen molar-refractivity contribution in [2.45, 2.75) is 44.4 Å². The van der Waals surface area contributed by atoms with Crippen molar-refractivity contribution in [1.82, 2.24) is 0 Å². The van der Waals surface area contributed by atoms with E-state index in [2.05, 4.69) is 6.58 Å². The summed E-state index contributed by atoms with van der Waals surface area (Å²) >= 11 is 0. The predicted molar refractivity (Wildman–Crippen MR) is 85.8 cm³/mol. The Morgan fingerprint density at radius 3 is 2.27 bits per heavy atom. The molecule has 22 heavy (non-hydrogen) atoms. The maximum atomic E-state index is 14.3. The van der Waals surface area contributed by atoms with Crippen molar-refractivity contribution in [2.75, 3.05) is 0 Å². The van der Waals surface area contributed by atoms with Crippen LogP contribution in [0.5, 0.6) is 0 Å². The van der Waals surface area contributed by atoms with E-state index in [-0.39, 0.29) is 11.3 Å². The molecule has 1 aliphatic carbocycles. The van der Waals surface area contributed by atoms with Gasteiger partial charge in [0.1, 0.15) is 17.4 Å². The fraction of sp³-hybridized carbons (Fsp3) is 0.368. The Labute approximate surface area is 130 Å². The molecule has 1 N–H and O–H groups in total. The van der Waals surface area contributed by atoms with Gasteiger partial charge in [0.15, 0.2) is 0 Å². The van der Waals surface area contributed by atoms with Crippen molar-refractivity contribution in [1.29, 1.82) is 0 Å². The zero-order valence-electron chi connectivity index (χ0n) is 12.9. The Morgan fingerprint density at radius 1 is 1.14 bits per heavy atom. The lowest BCUT2D eigenvalue weighted by Crippen LogP contribution is -2.32. The molecule has 1 saturated carbocycles. The molecule has 0 spiro atoms. The van der Waals surface area contributed by atoms with Crippen LogP contribution in [0.15, 0.2) is 54.3 Å². The second-order valence-corrected chi connectivity index (χ2v) is 5.81. The normalized spacial score (nSPS) is 18.6. The van der Waals surface area contributed by atoms with Gasteiger partial charge in [0.25, 0.3) is 0 Å². The number of aliphatic hydroxyl groups is 1. The minimum atomic E-state index is -0.724. The number of halogens is 2. The van der Waals surface area contributed by atoms with Crippen LogP contribution in [-0.4, -0.2) is 5.11 Å². The summed E-state index contributed by atoms with van der Waals surface area (Å²) in [5.41, 5.74) is 0.0342. The second kappa shape index (κ2) is 6.91. The van der Waals surface area contributed by atoms with Crippen LogP contribution in [0.2, 0.25) is 0 Å². The maximum absolute atomic E-state index is 14.3. The van der Waals surface area contributed by atoms with E-state index < -0.39 is 17.0 Å². The highest BCUT2D eigenvalue weighted by Crippen LogP contribution is 2.46. The lowest BCUT2D eigenvalue weighted by molar-refractivity contribution is 0.323. The number of aliphatic hydroxyl groups excluding tert-OH is 1. The first-order valence-electron chi connectivity index (χ1n) is 7.68. The van der Waals surface area contributed by atoms with Crippen LogP contribution < -0.4 is 0 Å². The molecule has 1 aromatic rings. The molecule has 1 aliphatic rings. The molecule has 0 atom stereocenters. The minimum absolute atomic E-state index is 0.112.